The Morgan fingerprint density at radius 2 is 1.97 bits per heavy atom. The number of methoxy groups -OCH3 is 1. The number of amides is 1. The fourth-order valence-electron chi connectivity index (χ4n) is 3.30. The van der Waals surface area contributed by atoms with Crippen LogP contribution in [0.1, 0.15) is 23.0 Å². The van der Waals surface area contributed by atoms with E-state index in [1.807, 2.05) is 49.4 Å². The van der Waals surface area contributed by atoms with Crippen LogP contribution in [0.25, 0.3) is 11.3 Å². The van der Waals surface area contributed by atoms with E-state index in [2.05, 4.69) is 15.4 Å². The first kappa shape index (κ1) is 20.6. The number of hydrogen-bond donors (Lipinski definition) is 1. The predicted molar refractivity (Wildman–Crippen MR) is 115 cm³/mol. The van der Waals surface area contributed by atoms with Crippen molar-refractivity contribution in [2.45, 2.75) is 13.5 Å². The lowest BCUT2D eigenvalue weighted by Crippen LogP contribution is -2.43. The van der Waals surface area contributed by atoms with Gasteiger partial charge in [0.1, 0.15) is 29.5 Å². The molecule has 1 aliphatic heterocycles. The molecule has 0 unspecified atom stereocenters. The van der Waals surface area contributed by atoms with Gasteiger partial charge in [0.2, 0.25) is 0 Å². The minimum absolute atomic E-state index is 0.238. The van der Waals surface area contributed by atoms with Crippen molar-refractivity contribution in [3.63, 3.8) is 0 Å². The fourth-order valence-corrected chi connectivity index (χ4v) is 3.30. The lowest BCUT2D eigenvalue weighted by Gasteiger charge is -2.20. The molecule has 0 bridgehead atoms. The second-order valence-corrected chi connectivity index (χ2v) is 6.93. The Labute approximate surface area is 180 Å². The highest BCUT2D eigenvalue weighted by Crippen LogP contribution is 2.27. The number of nitrogens with zero attached hydrogens (tertiary/aromatic N) is 3. The summed E-state index contributed by atoms with van der Waals surface area (Å²) in [5.41, 5.74) is 5.56. The lowest BCUT2D eigenvalue weighted by molar-refractivity contribution is 0.0757. The van der Waals surface area contributed by atoms with E-state index in [9.17, 15) is 4.79 Å². The molecule has 2 heterocycles. The Bertz CT molecular complexity index is 1060. The van der Waals surface area contributed by atoms with Gasteiger partial charge in [0.15, 0.2) is 0 Å². The lowest BCUT2D eigenvalue weighted by atomic mass is 10.1. The number of benzene rings is 2. The van der Waals surface area contributed by atoms with Crippen molar-refractivity contribution < 1.29 is 19.0 Å². The van der Waals surface area contributed by atoms with E-state index >= 15 is 0 Å². The number of rotatable bonds is 6. The normalized spacial score (nSPS) is 13.5. The third kappa shape index (κ3) is 4.92. The van der Waals surface area contributed by atoms with E-state index < -0.39 is 0 Å². The molecule has 0 radical (unpaired) electrons. The number of carbonyl (C=O) groups excluding carboxylic acids is 1. The highest BCUT2D eigenvalue weighted by atomic mass is 16.5. The van der Waals surface area contributed by atoms with Gasteiger partial charge in [0.05, 0.1) is 38.3 Å². The van der Waals surface area contributed by atoms with Crippen molar-refractivity contribution in [2.75, 3.05) is 26.9 Å². The molecular weight excluding hydrogens is 396 g/mol. The maximum Gasteiger partial charge on any atom is 0.285 e. The monoisotopic (exact) mass is 420 g/mol. The van der Waals surface area contributed by atoms with Crippen LogP contribution in [0.15, 0.2) is 54.9 Å². The minimum Gasteiger partial charge on any atom is -0.497 e. The first-order chi connectivity index (χ1) is 15.2. The molecule has 0 spiro atoms. The molecule has 0 saturated carbocycles. The van der Waals surface area contributed by atoms with Crippen molar-refractivity contribution >= 4 is 5.91 Å². The van der Waals surface area contributed by atoms with Crippen LogP contribution in [0.2, 0.25) is 0 Å². The molecule has 1 amide bonds. The van der Waals surface area contributed by atoms with Gasteiger partial charge in [-0.05, 0) is 49.4 Å². The summed E-state index contributed by atoms with van der Waals surface area (Å²) in [6.45, 7) is 4.02. The molecule has 0 saturated heterocycles. The molecule has 8 heteroatoms. The summed E-state index contributed by atoms with van der Waals surface area (Å²) in [6.07, 6.45) is 3.09. The highest BCUT2D eigenvalue weighted by Gasteiger charge is 2.19. The summed E-state index contributed by atoms with van der Waals surface area (Å²) < 4.78 is 16.5. The summed E-state index contributed by atoms with van der Waals surface area (Å²) in [7, 11) is 1.62. The van der Waals surface area contributed by atoms with Gasteiger partial charge < -0.3 is 14.2 Å². The Morgan fingerprint density at radius 3 is 2.74 bits per heavy atom. The fraction of sp³-hybridized carbons (Fsp3) is 0.261. The number of hydrogen-bond acceptors (Lipinski definition) is 7. The summed E-state index contributed by atoms with van der Waals surface area (Å²) in [5.74, 6) is 1.99. The van der Waals surface area contributed by atoms with Crippen LogP contribution in [0.5, 0.6) is 17.2 Å². The largest absolute Gasteiger partial charge is 0.497 e. The topological polar surface area (TPSA) is 85.8 Å². The highest BCUT2D eigenvalue weighted by molar-refractivity contribution is 5.92. The molecule has 1 aliphatic rings. The zero-order valence-corrected chi connectivity index (χ0v) is 17.5. The SMILES string of the molecule is CCOc1ccc(-c2cncc(C(=O)NN3CCOc4ccc(OC)cc4C3)n2)cc1. The molecule has 0 fully saturated rings. The molecule has 31 heavy (non-hydrogen) atoms. The second-order valence-electron chi connectivity index (χ2n) is 6.93. The molecule has 1 N–H and O–H groups in total. The van der Waals surface area contributed by atoms with Gasteiger partial charge in [-0.1, -0.05) is 0 Å². The number of ether oxygens (including phenoxy) is 3. The Morgan fingerprint density at radius 1 is 1.16 bits per heavy atom. The molecule has 8 nitrogen and oxygen atoms in total. The van der Waals surface area contributed by atoms with Crippen LogP contribution >= 0.6 is 0 Å². The van der Waals surface area contributed by atoms with Crippen LogP contribution in [0.4, 0.5) is 0 Å². The van der Waals surface area contributed by atoms with E-state index in [1.165, 1.54) is 6.20 Å². The minimum atomic E-state index is -0.327. The number of aromatic nitrogens is 2. The van der Waals surface area contributed by atoms with Gasteiger partial charge in [-0.3, -0.25) is 15.2 Å². The van der Waals surface area contributed by atoms with Crippen LogP contribution in [-0.4, -0.2) is 47.8 Å². The number of hydrazine groups is 1. The van der Waals surface area contributed by atoms with E-state index in [0.29, 0.717) is 32.0 Å². The third-order valence-corrected chi connectivity index (χ3v) is 4.84. The first-order valence-electron chi connectivity index (χ1n) is 10.1. The average molecular weight is 420 g/mol. The average Bonchev–Trinajstić information content (AvgIpc) is 3.00. The zero-order chi connectivity index (χ0) is 21.6. The van der Waals surface area contributed by atoms with Crippen LogP contribution < -0.4 is 19.6 Å². The molecule has 0 atom stereocenters. The van der Waals surface area contributed by atoms with E-state index in [4.69, 9.17) is 14.2 Å². The van der Waals surface area contributed by atoms with Gasteiger partial charge in [0, 0.05) is 17.7 Å². The van der Waals surface area contributed by atoms with Gasteiger partial charge >= 0.3 is 0 Å². The van der Waals surface area contributed by atoms with Crippen molar-refractivity contribution in [3.05, 3.63) is 66.1 Å². The quantitative estimate of drug-likeness (QED) is 0.656. The molecule has 0 aliphatic carbocycles. The Balaban J connectivity index is 1.47. The molecular formula is C23H24N4O4. The summed E-state index contributed by atoms with van der Waals surface area (Å²) in [5, 5.41) is 1.80. The Hall–Kier alpha value is -3.65. The van der Waals surface area contributed by atoms with E-state index in [0.717, 1.165) is 28.4 Å². The smallest absolute Gasteiger partial charge is 0.285 e. The first-order valence-corrected chi connectivity index (χ1v) is 10.1. The van der Waals surface area contributed by atoms with Gasteiger partial charge in [-0.25, -0.2) is 9.99 Å². The maximum atomic E-state index is 12.8. The predicted octanol–water partition coefficient (Wildman–Crippen LogP) is 3.09. The van der Waals surface area contributed by atoms with Crippen molar-refractivity contribution in [3.8, 4) is 28.5 Å². The number of nitrogens with one attached hydrogen (secondary N) is 1. The van der Waals surface area contributed by atoms with Gasteiger partial charge in [-0.15, -0.1) is 0 Å². The van der Waals surface area contributed by atoms with Gasteiger partial charge in [0.25, 0.3) is 5.91 Å². The standard InChI is InChI=1S/C23H24N4O4/c1-3-30-18-6-4-16(5-7-18)20-13-24-14-21(25-20)23(28)26-27-10-11-31-22-9-8-19(29-2)12-17(22)15-27/h4-9,12-14H,3,10-11,15H2,1-2H3,(H,26,28). The van der Waals surface area contributed by atoms with Crippen molar-refractivity contribution in [1.29, 1.82) is 0 Å². The van der Waals surface area contributed by atoms with Crippen LogP contribution in [0.3, 0.4) is 0 Å². The van der Waals surface area contributed by atoms with E-state index in [1.54, 1.807) is 18.3 Å². The van der Waals surface area contributed by atoms with Crippen molar-refractivity contribution in [2.24, 2.45) is 0 Å². The summed E-state index contributed by atoms with van der Waals surface area (Å²) >= 11 is 0. The molecule has 4 rings (SSSR count). The van der Waals surface area contributed by atoms with E-state index in [-0.39, 0.29) is 11.6 Å². The zero-order valence-electron chi connectivity index (χ0n) is 17.5. The number of carbonyl (C=O) groups is 1. The van der Waals surface area contributed by atoms with Crippen LogP contribution in [-0.2, 0) is 6.54 Å². The molecule has 1 aromatic heterocycles. The summed E-state index contributed by atoms with van der Waals surface area (Å²) in [4.78, 5) is 21.5. The number of fused-ring (bicyclic) bond motifs is 1. The second kappa shape index (κ2) is 9.44. The molecule has 160 valence electrons. The summed E-state index contributed by atoms with van der Waals surface area (Å²) in [6, 6.07) is 13.2. The van der Waals surface area contributed by atoms with Crippen LogP contribution in [0, 0.1) is 0 Å². The van der Waals surface area contributed by atoms with Gasteiger partial charge in [-0.2, -0.15) is 0 Å². The maximum absolute atomic E-state index is 12.8. The molecule has 2 aromatic carbocycles. The Kier molecular flexibility index (Phi) is 6.28. The molecule has 3 aromatic rings. The third-order valence-electron chi connectivity index (χ3n) is 4.84. The van der Waals surface area contributed by atoms with Crippen molar-refractivity contribution in [1.82, 2.24) is 20.4 Å².